The van der Waals surface area contributed by atoms with Gasteiger partial charge in [-0.1, -0.05) is 276 Å². The Bertz CT molecular complexity index is 1030. The summed E-state index contributed by atoms with van der Waals surface area (Å²) >= 11 is 0. The number of hydrogen-bond donors (Lipinski definition) is 3. The van der Waals surface area contributed by atoms with Gasteiger partial charge in [0.2, 0.25) is 5.91 Å². The molecule has 0 aliphatic carbocycles. The van der Waals surface area contributed by atoms with E-state index in [1.165, 1.54) is 250 Å². The Labute approximate surface area is 411 Å². The van der Waals surface area contributed by atoms with Crippen molar-refractivity contribution in [3.8, 4) is 0 Å². The van der Waals surface area contributed by atoms with Crippen molar-refractivity contribution >= 4 is 11.9 Å². The fraction of sp³-hybridized carbons (Fsp3) is 0.900. The highest BCUT2D eigenvalue weighted by Crippen LogP contribution is 2.17. The summed E-state index contributed by atoms with van der Waals surface area (Å²) in [5, 5.41) is 23.0. The fourth-order valence-corrected chi connectivity index (χ4v) is 9.16. The first-order chi connectivity index (χ1) is 32.5. The lowest BCUT2D eigenvalue weighted by molar-refractivity contribution is -0.143. The van der Waals surface area contributed by atoms with Crippen LogP contribution in [0.4, 0.5) is 0 Å². The molecule has 66 heavy (non-hydrogen) atoms. The summed E-state index contributed by atoms with van der Waals surface area (Å²) in [6.07, 6.45) is 67.9. The van der Waals surface area contributed by atoms with Crippen molar-refractivity contribution in [3.05, 3.63) is 24.3 Å². The first-order valence-electron chi connectivity index (χ1n) is 29.6. The van der Waals surface area contributed by atoms with Gasteiger partial charge in [0.05, 0.1) is 25.4 Å². The second-order valence-corrected chi connectivity index (χ2v) is 20.3. The Kier molecular flexibility index (Phi) is 54.5. The van der Waals surface area contributed by atoms with Crippen LogP contribution >= 0.6 is 0 Å². The molecule has 0 radical (unpaired) electrons. The molecule has 0 saturated carbocycles. The molecule has 0 heterocycles. The number of rotatable bonds is 55. The third-order valence-corrected chi connectivity index (χ3v) is 13.7. The number of unbranched alkanes of at least 4 members (excludes halogenated alkanes) is 42. The zero-order valence-corrected chi connectivity index (χ0v) is 44.4. The number of aliphatic hydroxyl groups excluding tert-OH is 2. The summed E-state index contributed by atoms with van der Waals surface area (Å²) in [5.41, 5.74) is 0. The van der Waals surface area contributed by atoms with Crippen LogP contribution in [-0.2, 0) is 14.3 Å². The molecule has 0 aromatic carbocycles. The highest BCUT2D eigenvalue weighted by atomic mass is 16.5. The molecule has 0 bridgehead atoms. The van der Waals surface area contributed by atoms with Crippen molar-refractivity contribution < 1.29 is 24.5 Å². The van der Waals surface area contributed by atoms with Crippen LogP contribution in [0, 0.1) is 0 Å². The first-order valence-corrected chi connectivity index (χ1v) is 29.6. The highest BCUT2D eigenvalue weighted by Gasteiger charge is 2.18. The Morgan fingerprint density at radius 3 is 1.08 bits per heavy atom. The lowest BCUT2D eigenvalue weighted by Gasteiger charge is -2.20. The fourth-order valence-electron chi connectivity index (χ4n) is 9.16. The van der Waals surface area contributed by atoms with Crippen molar-refractivity contribution in [2.75, 3.05) is 13.2 Å². The van der Waals surface area contributed by atoms with Crippen LogP contribution in [-0.4, -0.2) is 47.4 Å². The number of amides is 1. The topological polar surface area (TPSA) is 95.9 Å². The maximum atomic E-state index is 12.4. The van der Waals surface area contributed by atoms with Crippen LogP contribution in [0.3, 0.4) is 0 Å². The molecule has 0 spiro atoms. The van der Waals surface area contributed by atoms with E-state index in [-0.39, 0.29) is 18.5 Å². The monoisotopic (exact) mass is 930 g/mol. The van der Waals surface area contributed by atoms with E-state index in [1.807, 2.05) is 6.08 Å². The molecular weight excluding hydrogens is 815 g/mol. The average molecular weight is 931 g/mol. The van der Waals surface area contributed by atoms with Gasteiger partial charge in [-0.2, -0.15) is 0 Å². The molecule has 2 atom stereocenters. The Balaban J connectivity index is 3.39. The normalized spacial score (nSPS) is 12.7. The highest BCUT2D eigenvalue weighted by molar-refractivity contribution is 5.76. The molecule has 0 aromatic rings. The minimum absolute atomic E-state index is 0.0133. The molecule has 1 amide bonds. The van der Waals surface area contributed by atoms with Gasteiger partial charge in [-0.25, -0.2) is 0 Å². The SMILES string of the molecule is CCCCCCCCCC/C=C/C(O)C(CO)NC(=O)CCCCCCCCC/C=C\CCCCCCCCCCCCCOC(=O)CCCCCCCCCCCCCCCCCCC. The van der Waals surface area contributed by atoms with Crippen LogP contribution in [0.2, 0.25) is 0 Å². The number of carbonyl (C=O) groups is 2. The zero-order chi connectivity index (χ0) is 47.9. The Morgan fingerprint density at radius 2 is 0.712 bits per heavy atom. The molecule has 6 nitrogen and oxygen atoms in total. The summed E-state index contributed by atoms with van der Waals surface area (Å²) in [4.78, 5) is 24.5. The molecular formula is C60H115NO5. The van der Waals surface area contributed by atoms with Gasteiger partial charge in [0.1, 0.15) is 0 Å². The molecule has 0 aliphatic rings. The largest absolute Gasteiger partial charge is 0.466 e. The van der Waals surface area contributed by atoms with Gasteiger partial charge >= 0.3 is 5.97 Å². The second-order valence-electron chi connectivity index (χ2n) is 20.3. The van der Waals surface area contributed by atoms with Crippen molar-refractivity contribution in [2.45, 2.75) is 334 Å². The van der Waals surface area contributed by atoms with Crippen LogP contribution < -0.4 is 5.32 Å². The van der Waals surface area contributed by atoms with E-state index in [2.05, 4.69) is 31.3 Å². The maximum Gasteiger partial charge on any atom is 0.305 e. The zero-order valence-electron chi connectivity index (χ0n) is 44.4. The first kappa shape index (κ1) is 64.3. The van der Waals surface area contributed by atoms with Crippen LogP contribution in [0.15, 0.2) is 24.3 Å². The van der Waals surface area contributed by atoms with Gasteiger partial charge in [0, 0.05) is 12.8 Å². The number of esters is 1. The quantitative estimate of drug-likeness (QED) is 0.0321. The molecule has 6 heteroatoms. The lowest BCUT2D eigenvalue weighted by atomic mass is 10.0. The van der Waals surface area contributed by atoms with Gasteiger partial charge in [-0.15, -0.1) is 0 Å². The summed E-state index contributed by atoms with van der Waals surface area (Å²) in [6.45, 7) is 4.89. The molecule has 390 valence electrons. The van der Waals surface area contributed by atoms with Crippen LogP contribution in [0.5, 0.6) is 0 Å². The van der Waals surface area contributed by atoms with Gasteiger partial charge in [-0.3, -0.25) is 9.59 Å². The van der Waals surface area contributed by atoms with E-state index >= 15 is 0 Å². The molecule has 0 saturated heterocycles. The van der Waals surface area contributed by atoms with Gasteiger partial charge in [0.15, 0.2) is 0 Å². The number of hydrogen-bond acceptors (Lipinski definition) is 5. The number of carbonyl (C=O) groups excluding carboxylic acids is 2. The number of nitrogens with one attached hydrogen (secondary N) is 1. The minimum atomic E-state index is -0.846. The van der Waals surface area contributed by atoms with E-state index in [4.69, 9.17) is 4.74 Å². The van der Waals surface area contributed by atoms with Crippen LogP contribution in [0.25, 0.3) is 0 Å². The minimum Gasteiger partial charge on any atom is -0.466 e. The van der Waals surface area contributed by atoms with Crippen LogP contribution in [0.1, 0.15) is 322 Å². The number of allylic oxidation sites excluding steroid dienone is 3. The summed E-state index contributed by atoms with van der Waals surface area (Å²) in [6, 6.07) is -0.631. The second kappa shape index (κ2) is 55.9. The summed E-state index contributed by atoms with van der Waals surface area (Å²) in [5.74, 6) is -0.0631. The maximum absolute atomic E-state index is 12.4. The summed E-state index contributed by atoms with van der Waals surface area (Å²) in [7, 11) is 0. The van der Waals surface area contributed by atoms with E-state index in [1.54, 1.807) is 6.08 Å². The molecule has 2 unspecified atom stereocenters. The van der Waals surface area contributed by atoms with Gasteiger partial charge < -0.3 is 20.3 Å². The molecule has 0 aliphatic heterocycles. The van der Waals surface area contributed by atoms with E-state index in [0.29, 0.717) is 19.4 Å². The van der Waals surface area contributed by atoms with Crippen molar-refractivity contribution in [3.63, 3.8) is 0 Å². The van der Waals surface area contributed by atoms with Crippen molar-refractivity contribution in [1.82, 2.24) is 5.32 Å². The molecule has 0 rings (SSSR count). The Morgan fingerprint density at radius 1 is 0.409 bits per heavy atom. The lowest BCUT2D eigenvalue weighted by Crippen LogP contribution is -2.45. The summed E-state index contributed by atoms with van der Waals surface area (Å²) < 4.78 is 5.49. The van der Waals surface area contributed by atoms with Crippen molar-refractivity contribution in [2.24, 2.45) is 0 Å². The average Bonchev–Trinajstić information content (AvgIpc) is 3.32. The smallest absolute Gasteiger partial charge is 0.305 e. The van der Waals surface area contributed by atoms with Gasteiger partial charge in [0.25, 0.3) is 0 Å². The van der Waals surface area contributed by atoms with Crippen molar-refractivity contribution in [1.29, 1.82) is 0 Å². The predicted octanol–water partition coefficient (Wildman–Crippen LogP) is 18.2. The van der Waals surface area contributed by atoms with Gasteiger partial charge in [-0.05, 0) is 57.8 Å². The standard InChI is InChI=1S/C60H115NO5/c1-3-5-7-9-11-13-15-16-17-24-28-31-34-38-42-46-50-54-60(65)66-55-51-47-43-39-35-32-29-26-23-21-19-18-20-22-25-27-30-33-37-41-45-49-53-59(64)61-57(56-62)58(63)52-48-44-40-36-14-12-10-8-6-4-2/h20,22,48,52,57-58,62-63H,3-19,21,23-47,49-51,53-56H2,1-2H3,(H,61,64)/b22-20-,52-48+. The van der Waals surface area contributed by atoms with E-state index < -0.39 is 12.1 Å². The third-order valence-electron chi connectivity index (χ3n) is 13.7. The molecule has 3 N–H and O–H groups in total. The van der Waals surface area contributed by atoms with E-state index in [9.17, 15) is 19.8 Å². The molecule has 0 fully saturated rings. The van der Waals surface area contributed by atoms with E-state index in [0.717, 1.165) is 44.9 Å². The predicted molar refractivity (Wildman–Crippen MR) is 287 cm³/mol. The molecule has 0 aromatic heterocycles. The Hall–Kier alpha value is -1.66. The number of aliphatic hydroxyl groups is 2. The third kappa shape index (κ3) is 51.7. The number of ether oxygens (including phenoxy) is 1.